The fourth-order valence-corrected chi connectivity index (χ4v) is 4.86. The average Bonchev–Trinajstić information content (AvgIpc) is 3.00. The molecule has 1 aromatic heterocycles. The molecule has 3 heterocycles. The Balaban J connectivity index is 1.57. The zero-order chi connectivity index (χ0) is 23.1. The molecule has 0 aliphatic carbocycles. The molecule has 32 heavy (non-hydrogen) atoms. The van der Waals surface area contributed by atoms with E-state index in [0.717, 1.165) is 18.4 Å². The summed E-state index contributed by atoms with van der Waals surface area (Å²) in [5.41, 5.74) is -0.327. The minimum atomic E-state index is -4.53. The van der Waals surface area contributed by atoms with E-state index in [-0.39, 0.29) is 41.8 Å². The predicted octanol–water partition coefficient (Wildman–Crippen LogP) is 2.22. The summed E-state index contributed by atoms with van der Waals surface area (Å²) in [5, 5.41) is 2.90. The van der Waals surface area contributed by atoms with Crippen LogP contribution in [-0.2, 0) is 25.5 Å². The number of carbonyl (C=O) groups is 1. The Morgan fingerprint density at radius 1 is 1.22 bits per heavy atom. The molecule has 1 N–H and O–H groups in total. The summed E-state index contributed by atoms with van der Waals surface area (Å²) < 4.78 is 79.8. The van der Waals surface area contributed by atoms with Crippen molar-refractivity contribution in [1.82, 2.24) is 5.32 Å². The highest BCUT2D eigenvalue weighted by atomic mass is 32.2. The number of alkyl halides is 3. The quantitative estimate of drug-likeness (QED) is 0.707. The molecule has 1 aromatic carbocycles. The zero-order valence-corrected chi connectivity index (χ0v) is 18.1. The summed E-state index contributed by atoms with van der Waals surface area (Å²) >= 11 is 0. The van der Waals surface area contributed by atoms with Gasteiger partial charge in [-0.1, -0.05) is 0 Å². The molecule has 1 amide bonds. The number of halogens is 3. The number of nitrogens with one attached hydrogen (secondary N) is 1. The monoisotopic (exact) mass is 476 g/mol. The lowest BCUT2D eigenvalue weighted by Crippen LogP contribution is -2.42. The lowest BCUT2D eigenvalue weighted by atomic mass is 10.1. The van der Waals surface area contributed by atoms with E-state index < -0.39 is 33.6 Å². The number of carbonyl (C=O) groups excluding carboxylic acids is 1. The number of amides is 1. The van der Waals surface area contributed by atoms with Gasteiger partial charge >= 0.3 is 6.18 Å². The van der Waals surface area contributed by atoms with E-state index in [1.807, 2.05) is 0 Å². The first kappa shape index (κ1) is 22.9. The van der Waals surface area contributed by atoms with Crippen molar-refractivity contribution in [2.24, 2.45) is 0 Å². The highest BCUT2D eigenvalue weighted by molar-refractivity contribution is 7.90. The van der Waals surface area contributed by atoms with E-state index >= 15 is 0 Å². The Bertz CT molecular complexity index is 1110. The number of hydrogen-bond donors (Lipinski definition) is 1. The van der Waals surface area contributed by atoms with Gasteiger partial charge in [-0.3, -0.25) is 4.79 Å². The van der Waals surface area contributed by atoms with Crippen LogP contribution in [0, 0.1) is 0 Å². The van der Waals surface area contributed by atoms with Crippen molar-refractivity contribution in [3.63, 3.8) is 0 Å². The second-order valence-electron chi connectivity index (χ2n) is 8.03. The lowest BCUT2D eigenvalue weighted by molar-refractivity contribution is -0.137. The molecule has 1 fully saturated rings. The number of sulfone groups is 1. The zero-order valence-electron chi connectivity index (χ0n) is 17.3. The highest BCUT2D eigenvalue weighted by Crippen LogP contribution is 2.39. The van der Waals surface area contributed by atoms with Gasteiger partial charge in [0.05, 0.1) is 42.4 Å². The van der Waals surface area contributed by atoms with Crippen molar-refractivity contribution in [2.75, 3.05) is 49.8 Å². The molecular weight excluding hydrogens is 453 g/mol. The summed E-state index contributed by atoms with van der Waals surface area (Å²) in [4.78, 5) is 14.2. The summed E-state index contributed by atoms with van der Waals surface area (Å²) in [6, 6.07) is 3.13. The number of furan rings is 1. The topological polar surface area (TPSA) is 98.1 Å². The maximum absolute atomic E-state index is 13.3. The molecule has 2 atom stereocenters. The van der Waals surface area contributed by atoms with Gasteiger partial charge in [-0.25, -0.2) is 8.42 Å². The van der Waals surface area contributed by atoms with Gasteiger partial charge in [0.25, 0.3) is 5.91 Å². The normalized spacial score (nSPS) is 22.5. The fraction of sp³-hybridized carbons (Fsp3) is 0.550. The molecule has 1 saturated heterocycles. The molecule has 0 bridgehead atoms. The van der Waals surface area contributed by atoms with Gasteiger partial charge in [-0.15, -0.1) is 0 Å². The van der Waals surface area contributed by atoms with Crippen LogP contribution < -0.4 is 10.2 Å². The molecule has 0 radical (unpaired) electrons. The van der Waals surface area contributed by atoms with Crippen LogP contribution in [0.1, 0.15) is 22.5 Å². The number of fused-ring (bicyclic) bond motifs is 3. The molecule has 0 spiro atoms. The van der Waals surface area contributed by atoms with Crippen LogP contribution in [-0.4, -0.2) is 71.4 Å². The van der Waals surface area contributed by atoms with Crippen LogP contribution in [0.2, 0.25) is 0 Å². The molecule has 0 saturated carbocycles. The Kier molecular flexibility index (Phi) is 6.12. The number of rotatable bonds is 5. The van der Waals surface area contributed by atoms with E-state index in [4.69, 9.17) is 13.9 Å². The molecular formula is C20H23F3N2O6S. The maximum atomic E-state index is 13.3. The van der Waals surface area contributed by atoms with Gasteiger partial charge in [0.2, 0.25) is 5.76 Å². The summed E-state index contributed by atoms with van der Waals surface area (Å²) in [6.07, 6.45) is -3.93. The van der Waals surface area contributed by atoms with Crippen LogP contribution in [0.3, 0.4) is 0 Å². The minimum Gasteiger partial charge on any atom is -0.449 e. The SMILES string of the molecule is CS(=O)(=O)CC1COCC(CCN2CCNC(=O)c3oc4ccc(C(F)(F)F)cc4c32)O1. The third-order valence-corrected chi connectivity index (χ3v) is 6.36. The molecule has 2 aromatic rings. The Hall–Kier alpha value is -2.31. The van der Waals surface area contributed by atoms with Crippen LogP contribution in [0.4, 0.5) is 18.9 Å². The average molecular weight is 476 g/mol. The highest BCUT2D eigenvalue weighted by Gasteiger charge is 2.34. The van der Waals surface area contributed by atoms with E-state index in [0.29, 0.717) is 31.7 Å². The van der Waals surface area contributed by atoms with Crippen LogP contribution in [0.15, 0.2) is 22.6 Å². The summed E-state index contributed by atoms with van der Waals surface area (Å²) in [7, 11) is -3.23. The predicted molar refractivity (Wildman–Crippen MR) is 110 cm³/mol. The van der Waals surface area contributed by atoms with Gasteiger partial charge in [-0.2, -0.15) is 13.2 Å². The molecule has 176 valence electrons. The van der Waals surface area contributed by atoms with Gasteiger partial charge in [-0.05, 0) is 24.6 Å². The lowest BCUT2D eigenvalue weighted by Gasteiger charge is -2.32. The van der Waals surface area contributed by atoms with E-state index in [9.17, 15) is 26.4 Å². The number of hydrogen-bond acceptors (Lipinski definition) is 7. The number of nitrogens with zero attached hydrogens (tertiary/aromatic N) is 1. The minimum absolute atomic E-state index is 0.0346. The van der Waals surface area contributed by atoms with Gasteiger partial charge in [0.1, 0.15) is 15.4 Å². The first-order chi connectivity index (χ1) is 15.0. The Morgan fingerprint density at radius 2 is 1.97 bits per heavy atom. The number of benzene rings is 1. The van der Waals surface area contributed by atoms with Gasteiger partial charge in [0, 0.05) is 31.3 Å². The van der Waals surface area contributed by atoms with Crippen molar-refractivity contribution >= 4 is 32.4 Å². The molecule has 8 nitrogen and oxygen atoms in total. The van der Waals surface area contributed by atoms with E-state index in [2.05, 4.69) is 5.32 Å². The maximum Gasteiger partial charge on any atom is 0.416 e. The van der Waals surface area contributed by atoms with Crippen LogP contribution >= 0.6 is 0 Å². The number of anilines is 1. The Labute approximate surface area is 182 Å². The second kappa shape index (κ2) is 8.56. The van der Waals surface area contributed by atoms with Crippen molar-refractivity contribution in [1.29, 1.82) is 0 Å². The van der Waals surface area contributed by atoms with Gasteiger partial charge < -0.3 is 24.1 Å². The first-order valence-corrected chi connectivity index (χ1v) is 12.1. The van der Waals surface area contributed by atoms with Crippen molar-refractivity contribution in [2.45, 2.75) is 24.8 Å². The molecule has 2 aliphatic rings. The van der Waals surface area contributed by atoms with Gasteiger partial charge in [0.15, 0.2) is 0 Å². The number of ether oxygens (including phenoxy) is 2. The third kappa shape index (κ3) is 5.02. The van der Waals surface area contributed by atoms with Crippen LogP contribution in [0.5, 0.6) is 0 Å². The first-order valence-electron chi connectivity index (χ1n) is 10.1. The molecule has 4 rings (SSSR count). The molecule has 2 aliphatic heterocycles. The smallest absolute Gasteiger partial charge is 0.416 e. The Morgan fingerprint density at radius 3 is 2.69 bits per heavy atom. The van der Waals surface area contributed by atoms with E-state index in [1.54, 1.807) is 4.90 Å². The van der Waals surface area contributed by atoms with E-state index in [1.165, 1.54) is 6.07 Å². The third-order valence-electron chi connectivity index (χ3n) is 5.38. The van der Waals surface area contributed by atoms with Crippen molar-refractivity contribution in [3.8, 4) is 0 Å². The van der Waals surface area contributed by atoms with Crippen LogP contribution in [0.25, 0.3) is 11.0 Å². The molecule has 12 heteroatoms. The second-order valence-corrected chi connectivity index (χ2v) is 10.2. The fourth-order valence-electron chi connectivity index (χ4n) is 4.01. The summed E-state index contributed by atoms with van der Waals surface area (Å²) in [5.74, 6) is -0.673. The van der Waals surface area contributed by atoms with Crippen molar-refractivity contribution in [3.05, 3.63) is 29.5 Å². The summed E-state index contributed by atoms with van der Waals surface area (Å²) in [6.45, 7) is 1.48. The van der Waals surface area contributed by atoms with Crippen molar-refractivity contribution < 1.29 is 40.3 Å². The standard InChI is InChI=1S/C20H23F3N2O6S/c1-32(27,28)11-14-10-29-9-13(30-14)4-6-25-7-5-24-19(26)18-17(25)15-8-12(20(21,22)23)2-3-16(15)31-18/h2-3,8,13-14H,4-7,9-11H2,1H3,(H,24,26). The molecule has 2 unspecified atom stereocenters. The largest absolute Gasteiger partial charge is 0.449 e.